The van der Waals surface area contributed by atoms with Crippen LogP contribution in [0.2, 0.25) is 0 Å². The quantitative estimate of drug-likeness (QED) is 0.750. The standard InChI is InChI=1S/C14H17N3/c1-17-8-3-2-6-13(17)12-9-11-5-4-7-15-14(11)16-10-12/h4-5,7,9-10,13H,2-3,6,8H2,1H3. The zero-order valence-electron chi connectivity index (χ0n) is 10.1. The monoisotopic (exact) mass is 227 g/mol. The van der Waals surface area contributed by atoms with Crippen molar-refractivity contribution in [2.45, 2.75) is 25.3 Å². The van der Waals surface area contributed by atoms with E-state index >= 15 is 0 Å². The molecule has 2 aromatic heterocycles. The molecule has 0 spiro atoms. The highest BCUT2D eigenvalue weighted by atomic mass is 15.1. The van der Waals surface area contributed by atoms with E-state index in [9.17, 15) is 0 Å². The van der Waals surface area contributed by atoms with Gasteiger partial charge < -0.3 is 0 Å². The van der Waals surface area contributed by atoms with Gasteiger partial charge in [0.25, 0.3) is 0 Å². The van der Waals surface area contributed by atoms with Gasteiger partial charge in [-0.1, -0.05) is 6.42 Å². The average Bonchev–Trinajstić information content (AvgIpc) is 2.39. The minimum Gasteiger partial charge on any atom is -0.299 e. The Morgan fingerprint density at radius 1 is 1.29 bits per heavy atom. The Balaban J connectivity index is 1.99. The van der Waals surface area contributed by atoms with Crippen LogP contribution >= 0.6 is 0 Å². The van der Waals surface area contributed by atoms with Crippen molar-refractivity contribution in [3.05, 3.63) is 36.2 Å². The Kier molecular flexibility index (Phi) is 2.77. The third-order valence-electron chi connectivity index (χ3n) is 3.63. The van der Waals surface area contributed by atoms with E-state index in [1.54, 1.807) is 6.20 Å². The van der Waals surface area contributed by atoms with Crippen LogP contribution in [0.4, 0.5) is 0 Å². The topological polar surface area (TPSA) is 29.0 Å². The number of piperidine rings is 1. The molecule has 0 aliphatic carbocycles. The van der Waals surface area contributed by atoms with Gasteiger partial charge in [-0.15, -0.1) is 0 Å². The van der Waals surface area contributed by atoms with E-state index in [-0.39, 0.29) is 0 Å². The number of hydrogen-bond acceptors (Lipinski definition) is 3. The van der Waals surface area contributed by atoms with Gasteiger partial charge in [-0.3, -0.25) is 4.90 Å². The van der Waals surface area contributed by atoms with Gasteiger partial charge in [0.2, 0.25) is 0 Å². The molecule has 1 fully saturated rings. The molecule has 0 bridgehead atoms. The summed E-state index contributed by atoms with van der Waals surface area (Å²) in [5.74, 6) is 0. The summed E-state index contributed by atoms with van der Waals surface area (Å²) in [6.45, 7) is 1.19. The molecule has 0 N–H and O–H groups in total. The molecule has 1 aliphatic rings. The second kappa shape index (κ2) is 4.41. The van der Waals surface area contributed by atoms with Crippen LogP contribution in [0.25, 0.3) is 11.0 Å². The molecule has 88 valence electrons. The number of pyridine rings is 2. The Morgan fingerprint density at radius 2 is 2.24 bits per heavy atom. The molecule has 1 aliphatic heterocycles. The summed E-state index contributed by atoms with van der Waals surface area (Å²) in [6.07, 6.45) is 7.66. The van der Waals surface area contributed by atoms with Crippen molar-refractivity contribution in [1.82, 2.24) is 14.9 Å². The lowest BCUT2D eigenvalue weighted by atomic mass is 9.96. The second-order valence-electron chi connectivity index (χ2n) is 4.81. The molecule has 0 saturated carbocycles. The molecule has 0 radical (unpaired) electrons. The second-order valence-corrected chi connectivity index (χ2v) is 4.81. The number of hydrogen-bond donors (Lipinski definition) is 0. The van der Waals surface area contributed by atoms with Crippen molar-refractivity contribution < 1.29 is 0 Å². The first-order valence-electron chi connectivity index (χ1n) is 6.25. The summed E-state index contributed by atoms with van der Waals surface area (Å²) in [5, 5.41) is 1.14. The van der Waals surface area contributed by atoms with Gasteiger partial charge in [-0.05, 0) is 50.2 Å². The van der Waals surface area contributed by atoms with Gasteiger partial charge in [0.1, 0.15) is 0 Å². The van der Waals surface area contributed by atoms with E-state index in [0.29, 0.717) is 6.04 Å². The highest BCUT2D eigenvalue weighted by molar-refractivity contribution is 5.74. The van der Waals surface area contributed by atoms with Gasteiger partial charge in [-0.25, -0.2) is 9.97 Å². The van der Waals surface area contributed by atoms with E-state index in [1.165, 1.54) is 31.4 Å². The summed E-state index contributed by atoms with van der Waals surface area (Å²) in [4.78, 5) is 11.1. The fourth-order valence-corrected chi connectivity index (χ4v) is 2.66. The minimum atomic E-state index is 0.529. The molecule has 0 aromatic carbocycles. The fourth-order valence-electron chi connectivity index (χ4n) is 2.66. The van der Waals surface area contributed by atoms with Gasteiger partial charge in [0.15, 0.2) is 5.65 Å². The third-order valence-corrected chi connectivity index (χ3v) is 3.63. The summed E-state index contributed by atoms with van der Waals surface area (Å²) in [6, 6.07) is 6.82. The van der Waals surface area contributed by atoms with Crippen molar-refractivity contribution in [3.63, 3.8) is 0 Å². The summed E-state index contributed by atoms with van der Waals surface area (Å²) < 4.78 is 0. The highest BCUT2D eigenvalue weighted by Gasteiger charge is 2.20. The average molecular weight is 227 g/mol. The van der Waals surface area contributed by atoms with Crippen LogP contribution < -0.4 is 0 Å². The molecular formula is C14H17N3. The van der Waals surface area contributed by atoms with Crippen molar-refractivity contribution in [1.29, 1.82) is 0 Å². The van der Waals surface area contributed by atoms with Gasteiger partial charge >= 0.3 is 0 Å². The molecule has 0 amide bonds. The van der Waals surface area contributed by atoms with Gasteiger partial charge in [0, 0.05) is 23.8 Å². The van der Waals surface area contributed by atoms with Crippen LogP contribution in [-0.4, -0.2) is 28.5 Å². The predicted molar refractivity (Wildman–Crippen MR) is 68.8 cm³/mol. The summed E-state index contributed by atoms with van der Waals surface area (Å²) >= 11 is 0. The molecule has 1 saturated heterocycles. The summed E-state index contributed by atoms with van der Waals surface area (Å²) in [7, 11) is 2.21. The van der Waals surface area contributed by atoms with E-state index < -0.39 is 0 Å². The van der Waals surface area contributed by atoms with Gasteiger partial charge in [0.05, 0.1) is 0 Å². The maximum Gasteiger partial charge on any atom is 0.159 e. The van der Waals surface area contributed by atoms with E-state index in [4.69, 9.17) is 0 Å². The van der Waals surface area contributed by atoms with Crippen LogP contribution in [0.5, 0.6) is 0 Å². The van der Waals surface area contributed by atoms with E-state index in [1.807, 2.05) is 12.3 Å². The molecule has 2 aromatic rings. The first-order valence-corrected chi connectivity index (χ1v) is 6.25. The SMILES string of the molecule is CN1CCCCC1c1cnc2ncccc2c1. The Hall–Kier alpha value is -1.48. The minimum absolute atomic E-state index is 0.529. The Bertz CT molecular complexity index is 524. The summed E-state index contributed by atoms with van der Waals surface area (Å²) in [5.41, 5.74) is 2.17. The van der Waals surface area contributed by atoms with Crippen LogP contribution in [0.1, 0.15) is 30.9 Å². The third kappa shape index (κ3) is 2.03. The number of aromatic nitrogens is 2. The lowest BCUT2D eigenvalue weighted by molar-refractivity contribution is 0.187. The lowest BCUT2D eigenvalue weighted by Crippen LogP contribution is -2.29. The molecule has 1 atom stereocenters. The van der Waals surface area contributed by atoms with Crippen molar-refractivity contribution in [3.8, 4) is 0 Å². The van der Waals surface area contributed by atoms with E-state index in [0.717, 1.165) is 11.0 Å². The maximum absolute atomic E-state index is 4.45. The Labute approximate surface area is 101 Å². The van der Waals surface area contributed by atoms with Crippen LogP contribution in [0.3, 0.4) is 0 Å². The predicted octanol–water partition coefficient (Wildman–Crippen LogP) is 2.79. The zero-order valence-corrected chi connectivity index (χ0v) is 10.1. The number of fused-ring (bicyclic) bond motifs is 1. The smallest absolute Gasteiger partial charge is 0.159 e. The lowest BCUT2D eigenvalue weighted by Gasteiger charge is -2.32. The normalized spacial score (nSPS) is 21.8. The van der Waals surface area contributed by atoms with Gasteiger partial charge in [-0.2, -0.15) is 0 Å². The first-order chi connectivity index (χ1) is 8.34. The largest absolute Gasteiger partial charge is 0.299 e. The fraction of sp³-hybridized carbons (Fsp3) is 0.429. The molecule has 17 heavy (non-hydrogen) atoms. The van der Waals surface area contributed by atoms with Crippen molar-refractivity contribution in [2.75, 3.05) is 13.6 Å². The molecular weight excluding hydrogens is 210 g/mol. The van der Waals surface area contributed by atoms with Crippen molar-refractivity contribution >= 4 is 11.0 Å². The molecule has 3 heterocycles. The van der Waals surface area contributed by atoms with Crippen LogP contribution in [0, 0.1) is 0 Å². The number of nitrogens with zero attached hydrogens (tertiary/aromatic N) is 3. The van der Waals surface area contributed by atoms with E-state index in [2.05, 4.69) is 34.0 Å². The molecule has 1 unspecified atom stereocenters. The van der Waals surface area contributed by atoms with Crippen LogP contribution in [0.15, 0.2) is 30.6 Å². The van der Waals surface area contributed by atoms with Crippen LogP contribution in [-0.2, 0) is 0 Å². The number of likely N-dealkylation sites (tertiary alicyclic amines) is 1. The maximum atomic E-state index is 4.45. The molecule has 3 heteroatoms. The highest BCUT2D eigenvalue weighted by Crippen LogP contribution is 2.30. The zero-order chi connectivity index (χ0) is 11.7. The molecule has 3 rings (SSSR count). The Morgan fingerprint density at radius 3 is 3.12 bits per heavy atom. The molecule has 3 nitrogen and oxygen atoms in total. The van der Waals surface area contributed by atoms with Crippen molar-refractivity contribution in [2.24, 2.45) is 0 Å². The first kappa shape index (κ1) is 10.7. The number of rotatable bonds is 1.